The molecule has 0 aliphatic rings. The van der Waals surface area contributed by atoms with Crippen molar-refractivity contribution >= 4 is 0 Å². The lowest BCUT2D eigenvalue weighted by Crippen LogP contribution is -2.02. The largest absolute Gasteiger partial charge is 0.337 e. The molecule has 0 saturated carbocycles. The summed E-state index contributed by atoms with van der Waals surface area (Å²) < 4.78 is 3.93. The summed E-state index contributed by atoms with van der Waals surface area (Å²) >= 11 is 0. The molecule has 5 nitrogen and oxygen atoms in total. The topological polar surface area (TPSA) is 59.4 Å². The van der Waals surface area contributed by atoms with E-state index in [-0.39, 0.29) is 6.04 Å². The van der Waals surface area contributed by atoms with Gasteiger partial charge in [-0.15, -0.1) is 0 Å². The van der Waals surface area contributed by atoms with Crippen LogP contribution in [0.5, 0.6) is 0 Å². The number of hydrogen-bond acceptors (Lipinski definition) is 3. The van der Waals surface area contributed by atoms with Gasteiger partial charge in [0, 0.05) is 31.3 Å². The first-order chi connectivity index (χ1) is 9.19. The fraction of sp³-hybridized carbons (Fsp3) is 0.500. The number of aromatic nitrogens is 4. The smallest absolute Gasteiger partial charge is 0.119 e. The molecule has 0 spiro atoms. The second kappa shape index (κ2) is 8.09. The first-order valence-electron chi connectivity index (χ1n) is 6.53. The summed E-state index contributed by atoms with van der Waals surface area (Å²) in [6.07, 6.45) is 11.7. The Morgan fingerprint density at radius 3 is 2.63 bits per heavy atom. The van der Waals surface area contributed by atoms with Gasteiger partial charge in [-0.3, -0.25) is 0 Å². The van der Waals surface area contributed by atoms with Crippen LogP contribution in [0.25, 0.3) is 0 Å². The highest BCUT2D eigenvalue weighted by Gasteiger charge is 2.02. The number of nitriles is 1. The van der Waals surface area contributed by atoms with E-state index in [9.17, 15) is 0 Å². The van der Waals surface area contributed by atoms with Gasteiger partial charge in [-0.2, -0.15) is 5.26 Å². The molecule has 2 rings (SSSR count). The summed E-state index contributed by atoms with van der Waals surface area (Å²) in [6, 6.07) is 2.02. The van der Waals surface area contributed by atoms with E-state index in [1.807, 2.05) is 43.3 Å². The molecule has 19 heavy (non-hydrogen) atoms. The monoisotopic (exact) mass is 259 g/mol. The molecule has 1 unspecified atom stereocenters. The van der Waals surface area contributed by atoms with Gasteiger partial charge in [0.05, 0.1) is 12.4 Å². The van der Waals surface area contributed by atoms with Gasteiger partial charge in [0.25, 0.3) is 0 Å². The highest BCUT2D eigenvalue weighted by molar-refractivity contribution is 4.97. The minimum absolute atomic E-state index is 0.109. The molecule has 102 valence electrons. The molecule has 0 aliphatic carbocycles. The Morgan fingerprint density at radius 1 is 1.37 bits per heavy atom. The minimum Gasteiger partial charge on any atom is -0.337 e. The molecule has 2 aromatic heterocycles. The third-order valence-corrected chi connectivity index (χ3v) is 2.80. The van der Waals surface area contributed by atoms with Gasteiger partial charge < -0.3 is 9.13 Å². The molecular formula is C14H21N5. The number of rotatable bonds is 4. The number of imidazole rings is 2. The number of nitrogens with zero attached hydrogens (tertiary/aromatic N) is 5. The first kappa shape index (κ1) is 15.0. The molecular weight excluding hydrogens is 238 g/mol. The van der Waals surface area contributed by atoms with E-state index in [0.717, 1.165) is 12.4 Å². The quantitative estimate of drug-likeness (QED) is 0.848. The van der Waals surface area contributed by atoms with E-state index in [1.54, 1.807) is 6.20 Å². The second-order valence-corrected chi connectivity index (χ2v) is 4.34. The average molecular weight is 259 g/mol. The molecule has 0 saturated heterocycles. The predicted molar refractivity (Wildman–Crippen MR) is 74.4 cm³/mol. The summed E-state index contributed by atoms with van der Waals surface area (Å²) in [7, 11) is 0. The molecule has 2 aromatic rings. The number of aryl methyl sites for hydroxylation is 2. The summed E-state index contributed by atoms with van der Waals surface area (Å²) in [5, 5.41) is 8.53. The highest BCUT2D eigenvalue weighted by atomic mass is 15.1. The Balaban J connectivity index is 0.000000191. The summed E-state index contributed by atoms with van der Waals surface area (Å²) in [6.45, 7) is 7.02. The van der Waals surface area contributed by atoms with Crippen molar-refractivity contribution in [2.24, 2.45) is 0 Å². The zero-order valence-electron chi connectivity index (χ0n) is 11.8. The Bertz CT molecular complexity index is 492. The molecule has 0 amide bonds. The third kappa shape index (κ3) is 4.96. The maximum Gasteiger partial charge on any atom is 0.119 e. The lowest BCUT2D eigenvalue weighted by Gasteiger charge is -2.04. The Hall–Kier alpha value is -2.09. The van der Waals surface area contributed by atoms with Crippen LogP contribution in [0.1, 0.15) is 38.6 Å². The van der Waals surface area contributed by atoms with Gasteiger partial charge in [0.2, 0.25) is 0 Å². The van der Waals surface area contributed by atoms with Crippen molar-refractivity contribution in [1.29, 1.82) is 5.26 Å². The molecule has 0 bridgehead atoms. The number of unbranched alkanes of at least 4 members (excludes halogenated alkanes) is 1. The van der Waals surface area contributed by atoms with Crippen LogP contribution in [0.2, 0.25) is 0 Å². The summed E-state index contributed by atoms with van der Waals surface area (Å²) in [5.41, 5.74) is 0. The summed E-state index contributed by atoms with van der Waals surface area (Å²) in [5.74, 6) is 0.883. The lowest BCUT2D eigenvalue weighted by molar-refractivity contribution is 0.631. The fourth-order valence-electron chi connectivity index (χ4n) is 1.62. The van der Waals surface area contributed by atoms with E-state index < -0.39 is 0 Å². The van der Waals surface area contributed by atoms with Crippen LogP contribution < -0.4 is 0 Å². The van der Waals surface area contributed by atoms with Gasteiger partial charge >= 0.3 is 0 Å². The van der Waals surface area contributed by atoms with Crippen molar-refractivity contribution in [1.82, 2.24) is 19.1 Å². The standard InChI is InChI=1S/C7H9N3.C7H12N2/c1-6(5-8)10-4-3-9-7(10)2;1-2-3-5-9-6-4-8-7-9/h3-4,6H,1-2H3;4,6-7H,2-3,5H2,1H3. The maximum atomic E-state index is 8.53. The van der Waals surface area contributed by atoms with E-state index in [2.05, 4.69) is 27.5 Å². The Morgan fingerprint density at radius 2 is 2.16 bits per heavy atom. The van der Waals surface area contributed by atoms with Gasteiger partial charge in [-0.1, -0.05) is 13.3 Å². The van der Waals surface area contributed by atoms with Crippen LogP contribution in [0.4, 0.5) is 0 Å². The SMILES string of the molecule is CCCCn1ccnc1.Cc1nccn1C(C)C#N. The van der Waals surface area contributed by atoms with Crippen molar-refractivity contribution < 1.29 is 0 Å². The number of hydrogen-bond donors (Lipinski definition) is 0. The van der Waals surface area contributed by atoms with Gasteiger partial charge in [-0.05, 0) is 20.3 Å². The zero-order valence-corrected chi connectivity index (χ0v) is 11.8. The highest BCUT2D eigenvalue weighted by Crippen LogP contribution is 2.05. The van der Waals surface area contributed by atoms with Crippen molar-refractivity contribution in [3.63, 3.8) is 0 Å². The van der Waals surface area contributed by atoms with E-state index in [4.69, 9.17) is 5.26 Å². The van der Waals surface area contributed by atoms with Crippen LogP contribution in [-0.2, 0) is 6.54 Å². The van der Waals surface area contributed by atoms with E-state index in [0.29, 0.717) is 0 Å². The molecule has 0 radical (unpaired) electrons. The van der Waals surface area contributed by atoms with Crippen LogP contribution >= 0.6 is 0 Å². The van der Waals surface area contributed by atoms with Crippen LogP contribution in [0.3, 0.4) is 0 Å². The van der Waals surface area contributed by atoms with Crippen molar-refractivity contribution in [2.75, 3.05) is 0 Å². The predicted octanol–water partition coefficient (Wildman–Crippen LogP) is 2.96. The van der Waals surface area contributed by atoms with E-state index in [1.165, 1.54) is 12.8 Å². The van der Waals surface area contributed by atoms with Crippen LogP contribution in [-0.4, -0.2) is 19.1 Å². The van der Waals surface area contributed by atoms with Crippen LogP contribution in [0.15, 0.2) is 31.1 Å². The Kier molecular flexibility index (Phi) is 6.37. The lowest BCUT2D eigenvalue weighted by atomic mass is 10.3. The summed E-state index contributed by atoms with van der Waals surface area (Å²) in [4.78, 5) is 7.94. The average Bonchev–Trinajstić information content (AvgIpc) is 3.07. The zero-order chi connectivity index (χ0) is 14.1. The van der Waals surface area contributed by atoms with Crippen molar-refractivity contribution in [3.05, 3.63) is 36.9 Å². The molecule has 1 atom stereocenters. The fourth-order valence-corrected chi connectivity index (χ4v) is 1.62. The Labute approximate surface area is 114 Å². The van der Waals surface area contributed by atoms with E-state index >= 15 is 0 Å². The molecule has 2 heterocycles. The van der Waals surface area contributed by atoms with Gasteiger partial charge in [0.1, 0.15) is 11.9 Å². The van der Waals surface area contributed by atoms with Crippen molar-refractivity contribution in [2.45, 2.75) is 46.2 Å². The second-order valence-electron chi connectivity index (χ2n) is 4.34. The molecule has 5 heteroatoms. The normalized spacial score (nSPS) is 11.3. The molecule has 0 N–H and O–H groups in total. The molecule has 0 fully saturated rings. The molecule has 0 aromatic carbocycles. The van der Waals surface area contributed by atoms with Gasteiger partial charge in [0.15, 0.2) is 0 Å². The first-order valence-corrected chi connectivity index (χ1v) is 6.53. The molecule has 0 aliphatic heterocycles. The van der Waals surface area contributed by atoms with Crippen molar-refractivity contribution in [3.8, 4) is 6.07 Å². The third-order valence-electron chi connectivity index (χ3n) is 2.80. The minimum atomic E-state index is -0.109. The van der Waals surface area contributed by atoms with Crippen LogP contribution in [0, 0.1) is 18.3 Å². The maximum absolute atomic E-state index is 8.53. The van der Waals surface area contributed by atoms with Gasteiger partial charge in [-0.25, -0.2) is 9.97 Å².